The first-order valence-electron chi connectivity index (χ1n) is 13.0. The molecule has 2 aliphatic rings. The third-order valence-corrected chi connectivity index (χ3v) is 8.34. The van der Waals surface area contributed by atoms with Gasteiger partial charge in [0.15, 0.2) is 0 Å². The lowest BCUT2D eigenvalue weighted by Gasteiger charge is -2.34. The fourth-order valence-corrected chi connectivity index (χ4v) is 6.36. The number of aromatic nitrogens is 1. The van der Waals surface area contributed by atoms with E-state index < -0.39 is 28.0 Å². The first-order valence-corrected chi connectivity index (χ1v) is 14.4. The van der Waals surface area contributed by atoms with Crippen molar-refractivity contribution in [1.82, 2.24) is 14.0 Å². The lowest BCUT2D eigenvalue weighted by molar-refractivity contribution is 0.0979. The molecule has 1 aromatic heterocycles. The lowest BCUT2D eigenvalue weighted by atomic mass is 9.97. The summed E-state index contributed by atoms with van der Waals surface area (Å²) in [6.07, 6.45) is 0.412. The van der Waals surface area contributed by atoms with Crippen molar-refractivity contribution < 1.29 is 27.4 Å². The number of β-amino-alcohol motifs (C(OH)–C–C–N with tert-alkyl or cyclic N) is 1. The summed E-state index contributed by atoms with van der Waals surface area (Å²) in [5.41, 5.74) is 0.685. The van der Waals surface area contributed by atoms with Crippen molar-refractivity contribution in [1.29, 1.82) is 0 Å². The quantitative estimate of drug-likeness (QED) is 0.519. The smallest absolute Gasteiger partial charge is 0.304 e. The number of carbonyl (C=O) groups is 1. The molecule has 208 valence electrons. The molecule has 11 heteroatoms. The summed E-state index contributed by atoms with van der Waals surface area (Å²) in [5.74, 6) is 0.0272. The van der Waals surface area contributed by atoms with Crippen LogP contribution in [-0.2, 0) is 10.2 Å². The topological polar surface area (TPSA) is 112 Å². The number of aliphatic hydroxyl groups is 1. The van der Waals surface area contributed by atoms with Gasteiger partial charge in [-0.2, -0.15) is 12.7 Å². The molecule has 0 saturated carbocycles. The summed E-state index contributed by atoms with van der Waals surface area (Å²) < 4.78 is 49.1. The zero-order chi connectivity index (χ0) is 27.8. The first kappa shape index (κ1) is 28.3. The molecular weight excluding hydrogens is 511 g/mol. The third-order valence-electron chi connectivity index (χ3n) is 6.89. The molecule has 2 aromatic rings. The number of anilines is 1. The maximum atomic E-state index is 14.5. The molecule has 2 fully saturated rings. The Hall–Kier alpha value is -2.76. The maximum Gasteiger partial charge on any atom is 0.304 e. The number of hydrogen-bond acceptors (Lipinski definition) is 7. The van der Waals surface area contributed by atoms with Crippen LogP contribution in [0.25, 0.3) is 11.3 Å². The van der Waals surface area contributed by atoms with Crippen molar-refractivity contribution in [2.24, 2.45) is 11.8 Å². The predicted octanol–water partition coefficient (Wildman–Crippen LogP) is 3.59. The molecule has 1 aromatic carbocycles. The van der Waals surface area contributed by atoms with Crippen molar-refractivity contribution in [2.45, 2.75) is 59.1 Å². The number of halogens is 1. The van der Waals surface area contributed by atoms with Gasteiger partial charge in [-0.1, -0.05) is 20.8 Å². The van der Waals surface area contributed by atoms with Crippen LogP contribution in [0.5, 0.6) is 5.75 Å². The molecule has 0 unspecified atom stereocenters. The molecule has 2 N–H and O–H groups in total. The zero-order valence-electron chi connectivity index (χ0n) is 22.6. The number of aliphatic hydroxyl groups excluding tert-OH is 1. The number of nitrogens with one attached hydrogen (secondary N) is 1. The highest BCUT2D eigenvalue weighted by atomic mass is 32.2. The van der Waals surface area contributed by atoms with Gasteiger partial charge in [0, 0.05) is 36.8 Å². The molecule has 2 atom stereocenters. The minimum atomic E-state index is -4.15. The van der Waals surface area contributed by atoms with Gasteiger partial charge in [-0.05, 0) is 62.8 Å². The van der Waals surface area contributed by atoms with Gasteiger partial charge >= 0.3 is 10.2 Å². The molecule has 38 heavy (non-hydrogen) atoms. The van der Waals surface area contributed by atoms with Crippen molar-refractivity contribution in [3.05, 3.63) is 41.7 Å². The number of benzene rings is 1. The van der Waals surface area contributed by atoms with Crippen molar-refractivity contribution in [2.75, 3.05) is 31.1 Å². The summed E-state index contributed by atoms with van der Waals surface area (Å²) in [4.78, 5) is 20.1. The van der Waals surface area contributed by atoms with Gasteiger partial charge in [-0.3, -0.25) is 4.79 Å². The maximum absolute atomic E-state index is 14.5. The van der Waals surface area contributed by atoms with E-state index in [1.165, 1.54) is 18.2 Å². The number of ether oxygens (including phenoxy) is 1. The Kier molecular flexibility index (Phi) is 8.02. The SMILES string of the molecule is CC(C)COc1cc(F)cc(-c2ccc(C(=O)NS(=O)(=O)N3CC[C@@H](O)C3)c(N3C[C@@H](C)CC3(C)C)n2)c1. The summed E-state index contributed by atoms with van der Waals surface area (Å²) in [5, 5.41) is 9.75. The van der Waals surface area contributed by atoms with E-state index in [1.807, 2.05) is 18.7 Å². The highest BCUT2D eigenvalue weighted by molar-refractivity contribution is 7.87. The normalized spacial score (nSPS) is 21.7. The Morgan fingerprint density at radius 3 is 2.61 bits per heavy atom. The second-order valence-electron chi connectivity index (χ2n) is 11.4. The summed E-state index contributed by atoms with van der Waals surface area (Å²) in [6.45, 7) is 11.3. The van der Waals surface area contributed by atoms with Crippen LogP contribution >= 0.6 is 0 Å². The number of nitrogens with zero attached hydrogens (tertiary/aromatic N) is 3. The van der Waals surface area contributed by atoms with Gasteiger partial charge < -0.3 is 14.7 Å². The Labute approximate surface area is 224 Å². The summed E-state index contributed by atoms with van der Waals surface area (Å²) in [7, 11) is -4.15. The van der Waals surface area contributed by atoms with Crippen LogP contribution in [0.1, 0.15) is 57.8 Å². The molecule has 0 radical (unpaired) electrons. The van der Waals surface area contributed by atoms with Crippen LogP contribution in [0.3, 0.4) is 0 Å². The van der Waals surface area contributed by atoms with Crippen LogP contribution in [0, 0.1) is 17.7 Å². The fourth-order valence-electron chi connectivity index (χ4n) is 5.17. The number of pyridine rings is 1. The van der Waals surface area contributed by atoms with E-state index in [1.54, 1.807) is 12.1 Å². The van der Waals surface area contributed by atoms with Gasteiger partial charge in [0.25, 0.3) is 5.91 Å². The molecular formula is C27H37FN4O5S. The largest absolute Gasteiger partial charge is 0.493 e. The minimum Gasteiger partial charge on any atom is -0.493 e. The van der Waals surface area contributed by atoms with E-state index in [2.05, 4.69) is 25.5 Å². The third kappa shape index (κ3) is 6.27. The molecule has 9 nitrogen and oxygen atoms in total. The molecule has 3 heterocycles. The highest BCUT2D eigenvalue weighted by Crippen LogP contribution is 2.38. The van der Waals surface area contributed by atoms with Crippen LogP contribution < -0.4 is 14.4 Å². The Morgan fingerprint density at radius 2 is 2.00 bits per heavy atom. The van der Waals surface area contributed by atoms with E-state index in [4.69, 9.17) is 9.72 Å². The van der Waals surface area contributed by atoms with Crippen LogP contribution in [0.4, 0.5) is 10.2 Å². The highest BCUT2D eigenvalue weighted by Gasteiger charge is 2.40. The average molecular weight is 549 g/mol. The molecule has 1 amide bonds. The van der Waals surface area contributed by atoms with Crippen molar-refractivity contribution in [3.8, 4) is 17.0 Å². The zero-order valence-corrected chi connectivity index (χ0v) is 23.4. The van der Waals surface area contributed by atoms with E-state index >= 15 is 0 Å². The molecule has 2 saturated heterocycles. The van der Waals surface area contributed by atoms with Crippen molar-refractivity contribution in [3.63, 3.8) is 0 Å². The molecule has 4 rings (SSSR count). The monoisotopic (exact) mass is 548 g/mol. The molecule has 0 aliphatic carbocycles. The summed E-state index contributed by atoms with van der Waals surface area (Å²) in [6, 6.07) is 7.49. The first-order chi connectivity index (χ1) is 17.7. The molecule has 0 bridgehead atoms. The molecule has 2 aliphatic heterocycles. The number of carbonyl (C=O) groups excluding carboxylic acids is 1. The van der Waals surface area contributed by atoms with E-state index in [0.717, 1.165) is 10.7 Å². The number of hydrogen-bond donors (Lipinski definition) is 2. The number of amides is 1. The molecule has 0 spiro atoms. The fraction of sp³-hybridized carbons (Fsp3) is 0.556. The second kappa shape index (κ2) is 10.8. The predicted molar refractivity (Wildman–Crippen MR) is 144 cm³/mol. The van der Waals surface area contributed by atoms with Gasteiger partial charge in [-0.15, -0.1) is 0 Å². The lowest BCUT2D eigenvalue weighted by Crippen LogP contribution is -2.44. The summed E-state index contributed by atoms with van der Waals surface area (Å²) >= 11 is 0. The van der Waals surface area contributed by atoms with E-state index in [0.29, 0.717) is 48.3 Å². The minimum absolute atomic E-state index is 0.0654. The Balaban J connectivity index is 1.73. The van der Waals surface area contributed by atoms with E-state index in [-0.39, 0.29) is 30.1 Å². The van der Waals surface area contributed by atoms with Gasteiger partial charge in [0.05, 0.1) is 24.0 Å². The van der Waals surface area contributed by atoms with Crippen LogP contribution in [-0.4, -0.2) is 66.6 Å². The van der Waals surface area contributed by atoms with Crippen molar-refractivity contribution >= 4 is 21.9 Å². The van der Waals surface area contributed by atoms with E-state index in [9.17, 15) is 22.7 Å². The van der Waals surface area contributed by atoms with Crippen LogP contribution in [0.15, 0.2) is 30.3 Å². The Bertz CT molecular complexity index is 1300. The van der Waals surface area contributed by atoms with Gasteiger partial charge in [0.2, 0.25) is 0 Å². The van der Waals surface area contributed by atoms with Gasteiger partial charge in [0.1, 0.15) is 17.4 Å². The average Bonchev–Trinajstić information content (AvgIpc) is 3.38. The number of rotatable bonds is 8. The second-order valence-corrected chi connectivity index (χ2v) is 13.1. The van der Waals surface area contributed by atoms with Gasteiger partial charge in [-0.25, -0.2) is 14.1 Å². The standard InChI is InChI=1S/C27H37FN4O5S/c1-17(2)16-37-22-11-19(10-20(28)12-22)24-7-6-23(25(29-24)32-14-18(3)13-27(32,4)5)26(34)30-38(35,36)31-9-8-21(33)15-31/h6-7,10-12,17-18,21,33H,8-9,13-16H2,1-5H3,(H,30,34)/t18-,21+/m0/s1. The van der Waals surface area contributed by atoms with Crippen LogP contribution in [0.2, 0.25) is 0 Å². The Morgan fingerprint density at radius 1 is 1.26 bits per heavy atom.